The van der Waals surface area contributed by atoms with Gasteiger partial charge in [0.25, 0.3) is 0 Å². The molecule has 0 spiro atoms. The molecule has 0 aliphatic heterocycles. The zero-order chi connectivity index (χ0) is 7.82. The molecule has 10 heavy (non-hydrogen) atoms. The van der Waals surface area contributed by atoms with E-state index in [1.807, 2.05) is 0 Å². The van der Waals surface area contributed by atoms with Crippen LogP contribution < -0.4 is 0 Å². The molecule has 0 aromatic carbocycles. The van der Waals surface area contributed by atoms with Gasteiger partial charge in [0.15, 0.2) is 0 Å². The molecule has 0 saturated heterocycles. The van der Waals surface area contributed by atoms with E-state index in [0.717, 1.165) is 0 Å². The molecule has 0 aromatic heterocycles. The largest absolute Gasteiger partial charge is 0.481 e. The molecule has 0 bridgehead atoms. The van der Waals surface area contributed by atoms with E-state index in [2.05, 4.69) is 12.2 Å². The molecule has 1 aliphatic carbocycles. The van der Waals surface area contributed by atoms with Crippen LogP contribution in [0.4, 0.5) is 0 Å². The van der Waals surface area contributed by atoms with Gasteiger partial charge >= 0.3 is 5.97 Å². The number of allylic oxidation sites excluding steroid dienone is 2. The molecule has 2 nitrogen and oxygen atoms in total. The van der Waals surface area contributed by atoms with Crippen LogP contribution in [0, 0.1) is 0 Å². The molecule has 0 atom stereocenters. The van der Waals surface area contributed by atoms with Crippen molar-refractivity contribution in [3.05, 3.63) is 12.2 Å². The van der Waals surface area contributed by atoms with Crippen molar-refractivity contribution in [2.24, 2.45) is 0 Å². The van der Waals surface area contributed by atoms with E-state index < -0.39 is 5.97 Å². The molecular formula is C8H14O2. The highest BCUT2D eigenvalue weighted by atomic mass is 16.4. The zero-order valence-corrected chi connectivity index (χ0v) is 6.34. The van der Waals surface area contributed by atoms with Crippen molar-refractivity contribution in [3.63, 3.8) is 0 Å². The van der Waals surface area contributed by atoms with Gasteiger partial charge in [-0.3, -0.25) is 4.79 Å². The number of hydrogen-bond donors (Lipinski definition) is 1. The van der Waals surface area contributed by atoms with E-state index in [1.54, 1.807) is 6.92 Å². The topological polar surface area (TPSA) is 37.3 Å². The lowest BCUT2D eigenvalue weighted by molar-refractivity contribution is -0.136. The van der Waals surface area contributed by atoms with Gasteiger partial charge in [0.05, 0.1) is 0 Å². The van der Waals surface area contributed by atoms with Crippen LogP contribution in [-0.4, -0.2) is 11.1 Å². The molecule has 1 rings (SSSR count). The normalized spacial score (nSPS) is 14.1. The maximum absolute atomic E-state index is 9.37. The summed E-state index contributed by atoms with van der Waals surface area (Å²) < 4.78 is 0. The van der Waals surface area contributed by atoms with E-state index in [1.165, 1.54) is 19.3 Å². The Kier molecular flexibility index (Phi) is 5.83. The first-order valence-corrected chi connectivity index (χ1v) is 3.64. The zero-order valence-electron chi connectivity index (χ0n) is 6.34. The molecule has 58 valence electrons. The van der Waals surface area contributed by atoms with Crippen LogP contribution in [0.25, 0.3) is 0 Å². The first-order chi connectivity index (χ1) is 4.77. The second-order valence-corrected chi connectivity index (χ2v) is 2.15. The Morgan fingerprint density at radius 2 is 1.90 bits per heavy atom. The second kappa shape index (κ2) is 6.33. The average molecular weight is 142 g/mol. The lowest BCUT2D eigenvalue weighted by atomic mass is 10.4. The minimum absolute atomic E-state index is 0.222. The number of carboxylic acid groups (broad SMARTS) is 1. The molecule has 1 aliphatic rings. The molecule has 0 amide bonds. The number of carbonyl (C=O) groups is 1. The van der Waals surface area contributed by atoms with Crippen molar-refractivity contribution in [1.82, 2.24) is 0 Å². The molecule has 1 N–H and O–H groups in total. The summed E-state index contributed by atoms with van der Waals surface area (Å²) in [6.07, 6.45) is 8.72. The summed E-state index contributed by atoms with van der Waals surface area (Å²) in [6, 6.07) is 0. The quantitative estimate of drug-likeness (QED) is 0.570. The third-order valence-electron chi connectivity index (χ3n) is 1.21. The van der Waals surface area contributed by atoms with Crippen molar-refractivity contribution >= 4 is 5.97 Å². The van der Waals surface area contributed by atoms with Crippen LogP contribution >= 0.6 is 0 Å². The van der Waals surface area contributed by atoms with Crippen LogP contribution in [0.15, 0.2) is 12.2 Å². The lowest BCUT2D eigenvalue weighted by Crippen LogP contribution is -1.86. The van der Waals surface area contributed by atoms with Crippen LogP contribution in [0.1, 0.15) is 32.6 Å². The molecular weight excluding hydrogens is 128 g/mol. The average Bonchev–Trinajstić information content (AvgIpc) is 2.43. The first kappa shape index (κ1) is 9.21. The number of aliphatic carboxylic acids is 1. The Hall–Kier alpha value is -0.790. The number of carboxylic acids is 1. The standard InChI is InChI=1S/C5H8.C3H6O2/c1-2-4-5-3-1;1-2-3(4)5/h1-2H,3-5H2;2H2,1H3,(H,4,5). The summed E-state index contributed by atoms with van der Waals surface area (Å²) in [5.74, 6) is -0.745. The minimum Gasteiger partial charge on any atom is -0.481 e. The summed E-state index contributed by atoms with van der Waals surface area (Å²) in [4.78, 5) is 9.37. The van der Waals surface area contributed by atoms with Crippen LogP contribution in [0.5, 0.6) is 0 Å². The Labute approximate surface area is 61.6 Å². The van der Waals surface area contributed by atoms with Crippen LogP contribution in [0.2, 0.25) is 0 Å². The molecule has 0 radical (unpaired) electrons. The maximum Gasteiger partial charge on any atom is 0.303 e. The van der Waals surface area contributed by atoms with Crippen molar-refractivity contribution in [3.8, 4) is 0 Å². The van der Waals surface area contributed by atoms with Crippen LogP contribution in [0.3, 0.4) is 0 Å². The van der Waals surface area contributed by atoms with Gasteiger partial charge < -0.3 is 5.11 Å². The third-order valence-corrected chi connectivity index (χ3v) is 1.21. The Morgan fingerprint density at radius 3 is 2.00 bits per heavy atom. The van der Waals surface area contributed by atoms with E-state index in [4.69, 9.17) is 5.11 Å². The highest BCUT2D eigenvalue weighted by molar-refractivity contribution is 5.66. The summed E-state index contributed by atoms with van der Waals surface area (Å²) in [7, 11) is 0. The van der Waals surface area contributed by atoms with Gasteiger partial charge in [-0.2, -0.15) is 0 Å². The molecule has 0 saturated carbocycles. The fraction of sp³-hybridized carbons (Fsp3) is 0.625. The van der Waals surface area contributed by atoms with E-state index >= 15 is 0 Å². The van der Waals surface area contributed by atoms with Crippen molar-refractivity contribution in [2.75, 3.05) is 0 Å². The highest BCUT2D eigenvalue weighted by Gasteiger charge is 1.84. The molecule has 2 heteroatoms. The van der Waals surface area contributed by atoms with E-state index in [0.29, 0.717) is 0 Å². The van der Waals surface area contributed by atoms with Gasteiger partial charge in [-0.1, -0.05) is 19.1 Å². The summed E-state index contributed by atoms with van der Waals surface area (Å²) >= 11 is 0. The SMILES string of the molecule is C1=CCCC1.CCC(=O)O. The second-order valence-electron chi connectivity index (χ2n) is 2.15. The predicted molar refractivity (Wildman–Crippen MR) is 40.9 cm³/mol. The monoisotopic (exact) mass is 142 g/mol. The first-order valence-electron chi connectivity index (χ1n) is 3.64. The highest BCUT2D eigenvalue weighted by Crippen LogP contribution is 2.05. The molecule has 0 unspecified atom stereocenters. The summed E-state index contributed by atoms with van der Waals surface area (Å²) in [5.41, 5.74) is 0. The van der Waals surface area contributed by atoms with E-state index in [9.17, 15) is 4.79 Å². The van der Waals surface area contributed by atoms with Gasteiger partial charge in [0.2, 0.25) is 0 Å². The minimum atomic E-state index is -0.745. The third kappa shape index (κ3) is 7.21. The van der Waals surface area contributed by atoms with Gasteiger partial charge in [0.1, 0.15) is 0 Å². The number of rotatable bonds is 1. The summed E-state index contributed by atoms with van der Waals surface area (Å²) in [5, 5.41) is 7.72. The van der Waals surface area contributed by atoms with Crippen LogP contribution in [-0.2, 0) is 4.79 Å². The fourth-order valence-electron chi connectivity index (χ4n) is 0.589. The molecule has 0 fully saturated rings. The fourth-order valence-corrected chi connectivity index (χ4v) is 0.589. The smallest absolute Gasteiger partial charge is 0.303 e. The van der Waals surface area contributed by atoms with Crippen molar-refractivity contribution in [1.29, 1.82) is 0 Å². The predicted octanol–water partition coefficient (Wildman–Crippen LogP) is 2.21. The Morgan fingerprint density at radius 1 is 1.50 bits per heavy atom. The Bertz CT molecular complexity index is 110. The van der Waals surface area contributed by atoms with Gasteiger partial charge in [-0.25, -0.2) is 0 Å². The lowest BCUT2D eigenvalue weighted by Gasteiger charge is -1.71. The van der Waals surface area contributed by atoms with Crippen molar-refractivity contribution < 1.29 is 9.90 Å². The Balaban J connectivity index is 0.000000162. The number of hydrogen-bond acceptors (Lipinski definition) is 1. The molecule has 0 heterocycles. The summed E-state index contributed by atoms with van der Waals surface area (Å²) in [6.45, 7) is 1.60. The van der Waals surface area contributed by atoms with Gasteiger partial charge in [-0.05, 0) is 19.3 Å². The van der Waals surface area contributed by atoms with Gasteiger partial charge in [-0.15, -0.1) is 0 Å². The molecule has 0 aromatic rings. The van der Waals surface area contributed by atoms with E-state index in [-0.39, 0.29) is 6.42 Å². The maximum atomic E-state index is 9.37. The van der Waals surface area contributed by atoms with Gasteiger partial charge in [0, 0.05) is 6.42 Å². The van der Waals surface area contributed by atoms with Crippen molar-refractivity contribution in [2.45, 2.75) is 32.6 Å².